The van der Waals surface area contributed by atoms with Crippen LogP contribution in [-0.2, 0) is 4.79 Å². The number of carbonyl (C=O) groups is 1. The molecule has 0 aromatic carbocycles. The first-order valence-electron chi connectivity index (χ1n) is 5.01. The molecule has 0 spiro atoms. The number of piperidine rings is 1. The summed E-state index contributed by atoms with van der Waals surface area (Å²) >= 11 is 0. The van der Waals surface area contributed by atoms with E-state index in [0.717, 1.165) is 12.3 Å². The van der Waals surface area contributed by atoms with Gasteiger partial charge in [-0.05, 0) is 26.2 Å². The third-order valence-corrected chi connectivity index (χ3v) is 2.52. The van der Waals surface area contributed by atoms with Crippen molar-refractivity contribution in [1.29, 1.82) is 0 Å². The van der Waals surface area contributed by atoms with Crippen molar-refractivity contribution in [1.82, 2.24) is 4.90 Å². The summed E-state index contributed by atoms with van der Waals surface area (Å²) in [5, 5.41) is 0. The van der Waals surface area contributed by atoms with Gasteiger partial charge in [0.1, 0.15) is 0 Å². The van der Waals surface area contributed by atoms with Gasteiger partial charge in [-0.15, -0.1) is 0 Å². The van der Waals surface area contributed by atoms with Gasteiger partial charge < -0.3 is 4.90 Å². The highest BCUT2D eigenvalue weighted by atomic mass is 16.2. The van der Waals surface area contributed by atoms with Crippen LogP contribution in [0.15, 0.2) is 0 Å². The fraction of sp³-hybridized carbons (Fsp3) is 0.900. The van der Waals surface area contributed by atoms with Crippen LogP contribution in [0.2, 0.25) is 0 Å². The molecule has 70 valence electrons. The third kappa shape index (κ3) is 1.47. The lowest BCUT2D eigenvalue weighted by molar-refractivity contribution is -0.130. The number of fused-ring (bicyclic) bond motifs is 1. The molecule has 1 saturated heterocycles. The molecule has 2 rings (SSSR count). The summed E-state index contributed by atoms with van der Waals surface area (Å²) < 4.78 is 0. The zero-order valence-electron chi connectivity index (χ0n) is 8.50. The summed E-state index contributed by atoms with van der Waals surface area (Å²) in [6, 6.07) is 1.05. The van der Waals surface area contributed by atoms with Gasteiger partial charge in [0.05, 0.1) is 0 Å². The van der Waals surface area contributed by atoms with Gasteiger partial charge in [-0.3, -0.25) is 4.79 Å². The third-order valence-electron chi connectivity index (χ3n) is 2.52. The first-order valence-corrected chi connectivity index (χ1v) is 5.01. The molecular weight excluding hydrogens is 150 g/mol. The zero-order valence-corrected chi connectivity index (χ0v) is 8.50. The van der Waals surface area contributed by atoms with E-state index >= 15 is 0 Å². The Morgan fingerprint density at radius 3 is 2.25 bits per heavy atom. The second-order valence-corrected chi connectivity index (χ2v) is 3.66. The van der Waals surface area contributed by atoms with Gasteiger partial charge in [0.15, 0.2) is 0 Å². The van der Waals surface area contributed by atoms with Crippen molar-refractivity contribution in [3.63, 3.8) is 0 Å². The van der Waals surface area contributed by atoms with Crippen LogP contribution in [0.4, 0.5) is 0 Å². The first kappa shape index (κ1) is 9.56. The zero-order chi connectivity index (χ0) is 9.30. The summed E-state index contributed by atoms with van der Waals surface area (Å²) in [6.07, 6.45) is 2.09. The Hall–Kier alpha value is -0.530. The van der Waals surface area contributed by atoms with Crippen LogP contribution in [0.25, 0.3) is 0 Å². The molecule has 2 atom stereocenters. The number of hydrogen-bond donors (Lipinski definition) is 0. The van der Waals surface area contributed by atoms with Gasteiger partial charge in [-0.1, -0.05) is 13.8 Å². The van der Waals surface area contributed by atoms with Gasteiger partial charge in [0.25, 0.3) is 0 Å². The van der Waals surface area contributed by atoms with E-state index in [4.69, 9.17) is 0 Å². The van der Waals surface area contributed by atoms with E-state index in [0.29, 0.717) is 18.0 Å². The minimum absolute atomic E-state index is 0.372. The minimum atomic E-state index is 0.372. The van der Waals surface area contributed by atoms with Crippen molar-refractivity contribution in [3.8, 4) is 0 Å². The lowest BCUT2D eigenvalue weighted by Gasteiger charge is -2.22. The molecule has 2 heteroatoms. The largest absolute Gasteiger partial charge is 0.337 e. The molecule has 2 nitrogen and oxygen atoms in total. The Morgan fingerprint density at radius 1 is 1.42 bits per heavy atom. The Kier molecular flexibility index (Phi) is 2.76. The van der Waals surface area contributed by atoms with Crippen LogP contribution in [0, 0.1) is 5.92 Å². The fourth-order valence-corrected chi connectivity index (χ4v) is 1.98. The summed E-state index contributed by atoms with van der Waals surface area (Å²) in [7, 11) is 0. The summed E-state index contributed by atoms with van der Waals surface area (Å²) in [5.74, 6) is 1.10. The number of nitrogens with zero attached hydrogens (tertiary/aromatic N) is 1. The van der Waals surface area contributed by atoms with Crippen molar-refractivity contribution < 1.29 is 4.79 Å². The maximum absolute atomic E-state index is 11.2. The predicted molar refractivity (Wildman–Crippen MR) is 49.8 cm³/mol. The van der Waals surface area contributed by atoms with E-state index < -0.39 is 0 Å². The highest BCUT2D eigenvalue weighted by Crippen LogP contribution is 2.45. The van der Waals surface area contributed by atoms with Crippen LogP contribution in [-0.4, -0.2) is 22.9 Å². The standard InChI is InChI=1S/C8H13NO.C2H6/c1-5(2)9-7-3-6(7)4-8(9)10;1-2/h5-7H,3-4H2,1-2H3;1-2H3/t6?,7-;/m0./s1. The molecule has 1 saturated carbocycles. The Labute approximate surface area is 74.9 Å². The predicted octanol–water partition coefficient (Wildman–Crippen LogP) is 2.04. The monoisotopic (exact) mass is 169 g/mol. The van der Waals surface area contributed by atoms with E-state index in [1.807, 2.05) is 18.7 Å². The van der Waals surface area contributed by atoms with Gasteiger partial charge in [0, 0.05) is 18.5 Å². The molecule has 2 fully saturated rings. The van der Waals surface area contributed by atoms with E-state index in [1.54, 1.807) is 0 Å². The van der Waals surface area contributed by atoms with Crippen LogP contribution in [0.1, 0.15) is 40.5 Å². The second kappa shape index (κ2) is 3.46. The van der Waals surface area contributed by atoms with Gasteiger partial charge >= 0.3 is 0 Å². The maximum atomic E-state index is 11.2. The number of carbonyl (C=O) groups excluding carboxylic acids is 1. The van der Waals surface area contributed by atoms with E-state index in [-0.39, 0.29) is 0 Å². The Balaban J connectivity index is 0.000000336. The van der Waals surface area contributed by atoms with Crippen LogP contribution >= 0.6 is 0 Å². The highest BCUT2D eigenvalue weighted by Gasteiger charge is 2.51. The second-order valence-electron chi connectivity index (χ2n) is 3.66. The molecule has 1 aliphatic heterocycles. The highest BCUT2D eigenvalue weighted by molar-refractivity contribution is 5.81. The van der Waals surface area contributed by atoms with Gasteiger partial charge in [-0.2, -0.15) is 0 Å². The smallest absolute Gasteiger partial charge is 0.223 e. The molecule has 0 aromatic heterocycles. The van der Waals surface area contributed by atoms with Crippen molar-refractivity contribution in [2.45, 2.75) is 52.6 Å². The number of rotatable bonds is 1. The van der Waals surface area contributed by atoms with Crippen molar-refractivity contribution >= 4 is 5.91 Å². The van der Waals surface area contributed by atoms with E-state index in [9.17, 15) is 4.79 Å². The van der Waals surface area contributed by atoms with Gasteiger partial charge in [0.2, 0.25) is 5.91 Å². The molecule has 1 aliphatic carbocycles. The number of amides is 1. The fourth-order valence-electron chi connectivity index (χ4n) is 1.98. The molecule has 12 heavy (non-hydrogen) atoms. The molecule has 1 heterocycles. The van der Waals surface area contributed by atoms with E-state index in [1.165, 1.54) is 6.42 Å². The first-order chi connectivity index (χ1) is 5.70. The number of likely N-dealkylation sites (tertiary alicyclic amines) is 1. The van der Waals surface area contributed by atoms with Crippen LogP contribution in [0.3, 0.4) is 0 Å². The lowest BCUT2D eigenvalue weighted by Crippen LogP contribution is -2.34. The molecule has 2 aliphatic rings. The molecule has 0 bridgehead atoms. The quantitative estimate of drug-likeness (QED) is 0.588. The van der Waals surface area contributed by atoms with E-state index in [2.05, 4.69) is 13.8 Å². The molecular formula is C10H19NO. The van der Waals surface area contributed by atoms with Crippen molar-refractivity contribution in [2.24, 2.45) is 5.92 Å². The van der Waals surface area contributed by atoms with Crippen LogP contribution in [0.5, 0.6) is 0 Å². The Morgan fingerprint density at radius 2 is 2.00 bits per heavy atom. The summed E-state index contributed by atoms with van der Waals surface area (Å²) in [4.78, 5) is 13.2. The average Bonchev–Trinajstić information content (AvgIpc) is 2.66. The average molecular weight is 169 g/mol. The summed E-state index contributed by atoms with van der Waals surface area (Å²) in [6.45, 7) is 8.19. The maximum Gasteiger partial charge on any atom is 0.223 e. The SMILES string of the molecule is CC.CC(C)N1C(=O)CC2C[C@@H]21. The number of hydrogen-bond acceptors (Lipinski definition) is 1. The molecule has 1 unspecified atom stereocenters. The lowest BCUT2D eigenvalue weighted by atomic mass is 10.3. The molecule has 0 aromatic rings. The molecule has 1 amide bonds. The molecule has 0 N–H and O–H groups in total. The molecule has 0 radical (unpaired) electrons. The summed E-state index contributed by atoms with van der Waals surface area (Å²) in [5.41, 5.74) is 0. The Bertz CT molecular complexity index is 177. The minimum Gasteiger partial charge on any atom is -0.337 e. The van der Waals surface area contributed by atoms with Crippen LogP contribution < -0.4 is 0 Å². The van der Waals surface area contributed by atoms with Gasteiger partial charge in [-0.25, -0.2) is 0 Å². The topological polar surface area (TPSA) is 20.3 Å². The van der Waals surface area contributed by atoms with Crippen molar-refractivity contribution in [3.05, 3.63) is 0 Å². The van der Waals surface area contributed by atoms with Crippen molar-refractivity contribution in [2.75, 3.05) is 0 Å². The normalized spacial score (nSPS) is 31.4.